The summed E-state index contributed by atoms with van der Waals surface area (Å²) in [7, 11) is 0. The zero-order chi connectivity index (χ0) is 10.1. The monoisotopic (exact) mass is 294 g/mol. The largest absolute Gasteiger partial charge is 0.458 e. The minimum Gasteiger partial charge on any atom is -0.458 e. The van der Waals surface area contributed by atoms with Crippen LogP contribution in [0.2, 0.25) is 0 Å². The van der Waals surface area contributed by atoms with Gasteiger partial charge >= 0.3 is 5.97 Å². The first kappa shape index (κ1) is 10.6. The van der Waals surface area contributed by atoms with Gasteiger partial charge in [-0.3, -0.25) is 0 Å². The van der Waals surface area contributed by atoms with Crippen LogP contribution in [-0.2, 0) is 4.74 Å². The van der Waals surface area contributed by atoms with Crippen molar-refractivity contribution in [2.45, 2.75) is 26.4 Å². The Morgan fingerprint density at radius 1 is 1.54 bits per heavy atom. The zero-order valence-corrected chi connectivity index (χ0v) is 9.91. The van der Waals surface area contributed by atoms with E-state index in [1.54, 1.807) is 6.07 Å². The lowest BCUT2D eigenvalue weighted by atomic mass is 10.2. The van der Waals surface area contributed by atoms with E-state index in [0.717, 1.165) is 0 Å². The highest BCUT2D eigenvalue weighted by Gasteiger charge is 2.20. The Balaban J connectivity index is 2.76. The van der Waals surface area contributed by atoms with Crippen LogP contribution in [0.4, 0.5) is 0 Å². The van der Waals surface area contributed by atoms with Crippen molar-refractivity contribution in [2.24, 2.45) is 0 Å². The van der Waals surface area contributed by atoms with Crippen molar-refractivity contribution >= 4 is 28.6 Å². The summed E-state index contributed by atoms with van der Waals surface area (Å²) in [5.41, 5.74) is 0.0211. The zero-order valence-electron chi connectivity index (χ0n) is 7.76. The first-order valence-corrected chi connectivity index (χ1v) is 4.94. The van der Waals surface area contributed by atoms with Gasteiger partial charge < -0.3 is 9.15 Å². The molecule has 1 heterocycles. The van der Waals surface area contributed by atoms with Gasteiger partial charge in [-0.15, -0.1) is 0 Å². The molecule has 0 aromatic carbocycles. The van der Waals surface area contributed by atoms with E-state index in [1.807, 2.05) is 43.4 Å². The van der Waals surface area contributed by atoms with E-state index in [9.17, 15) is 4.79 Å². The molecule has 4 heteroatoms. The van der Waals surface area contributed by atoms with E-state index in [4.69, 9.17) is 9.15 Å². The molecule has 0 aliphatic carbocycles. The molecule has 1 rings (SSSR count). The molecule has 72 valence electrons. The third kappa shape index (κ3) is 3.02. The number of hydrogen-bond acceptors (Lipinski definition) is 3. The smallest absolute Gasteiger partial charge is 0.343 e. The van der Waals surface area contributed by atoms with Crippen molar-refractivity contribution in [1.29, 1.82) is 0 Å². The molecular weight excluding hydrogens is 283 g/mol. The molecule has 0 atom stereocenters. The molecular formula is C9H11IO3. The van der Waals surface area contributed by atoms with Crippen molar-refractivity contribution in [1.82, 2.24) is 0 Å². The summed E-state index contributed by atoms with van der Waals surface area (Å²) in [4.78, 5) is 11.5. The molecule has 0 aliphatic rings. The Morgan fingerprint density at radius 3 is 2.54 bits per heavy atom. The second-order valence-corrected chi connectivity index (χ2v) is 4.59. The lowest BCUT2D eigenvalue weighted by molar-refractivity contribution is 0.00673. The summed E-state index contributed by atoms with van der Waals surface area (Å²) in [5.74, 6) is -0.342. The van der Waals surface area contributed by atoms with Crippen LogP contribution in [-0.4, -0.2) is 11.6 Å². The average Bonchev–Trinajstić information content (AvgIpc) is 2.30. The fourth-order valence-corrected chi connectivity index (χ4v) is 1.32. The summed E-state index contributed by atoms with van der Waals surface area (Å²) in [5, 5.41) is 0. The summed E-state index contributed by atoms with van der Waals surface area (Å²) in [6.07, 6.45) is 1.47. The molecule has 0 amide bonds. The Kier molecular flexibility index (Phi) is 3.00. The maximum atomic E-state index is 11.5. The van der Waals surface area contributed by atoms with Crippen molar-refractivity contribution in [3.8, 4) is 0 Å². The Hall–Kier alpha value is -0.520. The number of carbonyl (C=O) groups is 1. The van der Waals surface area contributed by atoms with E-state index < -0.39 is 5.60 Å². The molecule has 0 N–H and O–H groups in total. The highest BCUT2D eigenvalue weighted by Crippen LogP contribution is 2.17. The van der Waals surface area contributed by atoms with Gasteiger partial charge in [-0.05, 0) is 26.8 Å². The van der Waals surface area contributed by atoms with Crippen LogP contribution < -0.4 is 0 Å². The van der Waals surface area contributed by atoms with E-state index in [1.165, 1.54) is 6.26 Å². The van der Waals surface area contributed by atoms with Crippen LogP contribution >= 0.6 is 22.6 Å². The van der Waals surface area contributed by atoms with Crippen LogP contribution in [0.1, 0.15) is 31.1 Å². The van der Waals surface area contributed by atoms with Gasteiger partial charge in [0, 0.05) is 22.6 Å². The number of carbonyl (C=O) groups excluding carboxylic acids is 1. The van der Waals surface area contributed by atoms with Crippen molar-refractivity contribution < 1.29 is 13.9 Å². The molecule has 1 aromatic heterocycles. The molecule has 13 heavy (non-hydrogen) atoms. The Bertz CT molecular complexity index is 309. The minimum absolute atomic E-state index is 0.342. The molecule has 0 bridgehead atoms. The Labute approximate surface area is 90.6 Å². The maximum Gasteiger partial charge on any atom is 0.343 e. The fourth-order valence-electron chi connectivity index (χ4n) is 0.772. The molecule has 0 aliphatic heterocycles. The van der Waals surface area contributed by atoms with Crippen LogP contribution in [0, 0.1) is 3.77 Å². The van der Waals surface area contributed by atoms with Crippen molar-refractivity contribution in [3.63, 3.8) is 0 Å². The number of halogens is 1. The number of esters is 1. The highest BCUT2D eigenvalue weighted by molar-refractivity contribution is 14.1. The van der Waals surface area contributed by atoms with Gasteiger partial charge in [-0.2, -0.15) is 0 Å². The fraction of sp³-hybridized carbons (Fsp3) is 0.444. The highest BCUT2D eigenvalue weighted by atomic mass is 127. The van der Waals surface area contributed by atoms with E-state index in [2.05, 4.69) is 0 Å². The summed E-state index contributed by atoms with van der Waals surface area (Å²) < 4.78 is 10.7. The van der Waals surface area contributed by atoms with Crippen LogP contribution in [0.15, 0.2) is 16.7 Å². The third-order valence-electron chi connectivity index (χ3n) is 1.24. The van der Waals surface area contributed by atoms with Crippen molar-refractivity contribution in [3.05, 3.63) is 21.7 Å². The van der Waals surface area contributed by atoms with E-state index in [0.29, 0.717) is 9.33 Å². The van der Waals surface area contributed by atoms with Gasteiger partial charge in [0.2, 0.25) is 0 Å². The SMILES string of the molecule is CC(C)(C)OC(=O)c1ccoc1I. The molecule has 0 unspecified atom stereocenters. The van der Waals surface area contributed by atoms with E-state index in [-0.39, 0.29) is 5.97 Å². The number of ether oxygens (including phenoxy) is 1. The van der Waals surface area contributed by atoms with Crippen LogP contribution in [0.5, 0.6) is 0 Å². The lowest BCUT2D eigenvalue weighted by Crippen LogP contribution is -2.23. The molecule has 0 spiro atoms. The summed E-state index contributed by atoms with van der Waals surface area (Å²) >= 11 is 1.95. The quantitative estimate of drug-likeness (QED) is 0.590. The van der Waals surface area contributed by atoms with Gasteiger partial charge in [0.25, 0.3) is 0 Å². The number of furan rings is 1. The van der Waals surface area contributed by atoms with Crippen molar-refractivity contribution in [2.75, 3.05) is 0 Å². The maximum absolute atomic E-state index is 11.5. The molecule has 0 radical (unpaired) electrons. The molecule has 0 fully saturated rings. The Morgan fingerprint density at radius 2 is 2.15 bits per heavy atom. The third-order valence-corrected chi connectivity index (χ3v) is 2.07. The van der Waals surface area contributed by atoms with E-state index >= 15 is 0 Å². The first-order valence-electron chi connectivity index (χ1n) is 3.86. The molecule has 0 saturated heterocycles. The normalized spacial score (nSPS) is 11.4. The molecule has 0 saturated carbocycles. The molecule has 3 nitrogen and oxygen atoms in total. The first-order chi connectivity index (χ1) is 5.90. The average molecular weight is 294 g/mol. The number of rotatable bonds is 1. The van der Waals surface area contributed by atoms with Crippen LogP contribution in [0.3, 0.4) is 0 Å². The predicted molar refractivity (Wildman–Crippen MR) is 56.6 cm³/mol. The van der Waals surface area contributed by atoms with Gasteiger partial charge in [-0.25, -0.2) is 4.79 Å². The van der Waals surface area contributed by atoms with Crippen LogP contribution in [0.25, 0.3) is 0 Å². The molecule has 1 aromatic rings. The lowest BCUT2D eigenvalue weighted by Gasteiger charge is -2.18. The van der Waals surface area contributed by atoms with Gasteiger partial charge in [0.15, 0.2) is 3.77 Å². The minimum atomic E-state index is -0.461. The van der Waals surface area contributed by atoms with Gasteiger partial charge in [-0.1, -0.05) is 0 Å². The topological polar surface area (TPSA) is 39.4 Å². The summed E-state index contributed by atoms with van der Waals surface area (Å²) in [6.45, 7) is 5.49. The van der Waals surface area contributed by atoms with Gasteiger partial charge in [0.05, 0.1) is 6.26 Å². The second kappa shape index (κ2) is 3.69. The second-order valence-electron chi connectivity index (χ2n) is 3.61. The predicted octanol–water partition coefficient (Wildman–Crippen LogP) is 2.84. The van der Waals surface area contributed by atoms with Gasteiger partial charge in [0.1, 0.15) is 11.2 Å². The summed E-state index contributed by atoms with van der Waals surface area (Å²) in [6, 6.07) is 1.61. The number of hydrogen-bond donors (Lipinski definition) is 0. The standard InChI is InChI=1S/C9H11IO3/c1-9(2,3)13-8(11)6-4-5-12-7(6)10/h4-5H,1-3H3.